The van der Waals surface area contributed by atoms with Crippen molar-refractivity contribution in [3.63, 3.8) is 0 Å². The second-order valence-corrected chi connectivity index (χ2v) is 8.13. The van der Waals surface area contributed by atoms with Gasteiger partial charge in [0.15, 0.2) is 5.58 Å². The number of carbonyl (C=O) groups excluding carboxylic acids is 1. The van der Waals surface area contributed by atoms with E-state index in [1.165, 1.54) is 15.8 Å². The zero-order valence-corrected chi connectivity index (χ0v) is 17.8. The highest BCUT2D eigenvalue weighted by atomic mass is 16.3. The Bertz CT molecular complexity index is 1330. The molecule has 5 rings (SSSR count). The first-order valence-corrected chi connectivity index (χ1v) is 11.0. The molecule has 1 amide bonds. The molecule has 1 aromatic carbocycles. The van der Waals surface area contributed by atoms with Gasteiger partial charge in [0, 0.05) is 18.6 Å². The molecule has 7 nitrogen and oxygen atoms in total. The summed E-state index contributed by atoms with van der Waals surface area (Å²) in [4.78, 5) is 26.6. The van der Waals surface area contributed by atoms with E-state index < -0.39 is 6.04 Å². The van der Waals surface area contributed by atoms with Gasteiger partial charge in [0.2, 0.25) is 5.91 Å². The van der Waals surface area contributed by atoms with Gasteiger partial charge in [-0.3, -0.25) is 14.0 Å². The maximum atomic E-state index is 13.3. The van der Waals surface area contributed by atoms with Gasteiger partial charge in [0.25, 0.3) is 5.56 Å². The van der Waals surface area contributed by atoms with Crippen LogP contribution in [0.15, 0.2) is 51.9 Å². The minimum atomic E-state index is -0.668. The van der Waals surface area contributed by atoms with Gasteiger partial charge >= 0.3 is 0 Å². The van der Waals surface area contributed by atoms with E-state index in [9.17, 15) is 9.59 Å². The Morgan fingerprint density at radius 3 is 2.90 bits per heavy atom. The molecule has 3 heterocycles. The van der Waals surface area contributed by atoms with E-state index in [0.717, 1.165) is 30.6 Å². The lowest BCUT2D eigenvalue weighted by molar-refractivity contribution is -0.125. The lowest BCUT2D eigenvalue weighted by atomic mass is 9.87. The average molecular weight is 418 g/mol. The van der Waals surface area contributed by atoms with Crippen LogP contribution in [0.5, 0.6) is 0 Å². The summed E-state index contributed by atoms with van der Waals surface area (Å²) in [5, 5.41) is 7.81. The SMILES string of the molecule is CCc1nn(C(CC)C(=O)NC2CCCc3ccccc32)c(=O)c2cc3occc3n12. The normalized spacial score (nSPS) is 17.0. The Morgan fingerprint density at radius 2 is 2.10 bits per heavy atom. The van der Waals surface area contributed by atoms with Crippen LogP contribution >= 0.6 is 0 Å². The number of nitrogens with one attached hydrogen (secondary N) is 1. The van der Waals surface area contributed by atoms with Crippen molar-refractivity contribution in [2.75, 3.05) is 0 Å². The molecule has 2 unspecified atom stereocenters. The monoisotopic (exact) mass is 418 g/mol. The van der Waals surface area contributed by atoms with Gasteiger partial charge in [-0.2, -0.15) is 5.10 Å². The fourth-order valence-corrected chi connectivity index (χ4v) is 4.77. The van der Waals surface area contributed by atoms with Gasteiger partial charge in [-0.25, -0.2) is 4.68 Å². The Labute approximate surface area is 179 Å². The maximum absolute atomic E-state index is 13.3. The number of rotatable bonds is 5. The molecule has 3 aromatic heterocycles. The molecule has 0 bridgehead atoms. The van der Waals surface area contributed by atoms with Crippen LogP contribution in [0.25, 0.3) is 16.6 Å². The van der Waals surface area contributed by atoms with Gasteiger partial charge in [-0.1, -0.05) is 38.1 Å². The Balaban J connectivity index is 1.53. The smallest absolute Gasteiger partial charge is 0.291 e. The first-order valence-electron chi connectivity index (χ1n) is 11.0. The van der Waals surface area contributed by atoms with Crippen molar-refractivity contribution in [2.45, 2.75) is 58.0 Å². The van der Waals surface area contributed by atoms with Crippen LogP contribution in [0.4, 0.5) is 0 Å². The van der Waals surface area contributed by atoms with Crippen LogP contribution in [0, 0.1) is 0 Å². The topological polar surface area (TPSA) is 81.5 Å². The number of amides is 1. The molecule has 0 aliphatic heterocycles. The summed E-state index contributed by atoms with van der Waals surface area (Å²) < 4.78 is 8.68. The van der Waals surface area contributed by atoms with Crippen LogP contribution in [-0.4, -0.2) is 20.1 Å². The number of furan rings is 1. The Hall–Kier alpha value is -3.35. The van der Waals surface area contributed by atoms with Crippen LogP contribution in [-0.2, 0) is 17.6 Å². The second kappa shape index (κ2) is 7.72. The summed E-state index contributed by atoms with van der Waals surface area (Å²) in [7, 11) is 0. The van der Waals surface area contributed by atoms with E-state index >= 15 is 0 Å². The summed E-state index contributed by atoms with van der Waals surface area (Å²) in [6.45, 7) is 3.90. The average Bonchev–Trinajstić information content (AvgIpc) is 3.38. The van der Waals surface area contributed by atoms with Crippen molar-refractivity contribution in [3.8, 4) is 0 Å². The van der Waals surface area contributed by atoms with Crippen molar-refractivity contribution >= 4 is 22.5 Å². The van der Waals surface area contributed by atoms with Gasteiger partial charge in [-0.15, -0.1) is 0 Å². The van der Waals surface area contributed by atoms with Crippen molar-refractivity contribution in [3.05, 3.63) is 70.0 Å². The van der Waals surface area contributed by atoms with Crippen molar-refractivity contribution in [1.29, 1.82) is 0 Å². The van der Waals surface area contributed by atoms with E-state index in [-0.39, 0.29) is 17.5 Å². The van der Waals surface area contributed by atoms with Gasteiger partial charge < -0.3 is 9.73 Å². The molecule has 0 spiro atoms. The molecule has 1 N–H and O–H groups in total. The van der Waals surface area contributed by atoms with Crippen LogP contribution in [0.1, 0.15) is 62.1 Å². The van der Waals surface area contributed by atoms with E-state index in [4.69, 9.17) is 4.42 Å². The summed E-state index contributed by atoms with van der Waals surface area (Å²) in [5.74, 6) is 0.556. The number of fused-ring (bicyclic) bond motifs is 4. The van der Waals surface area contributed by atoms with Gasteiger partial charge in [0.05, 0.1) is 17.8 Å². The number of hydrogen-bond donors (Lipinski definition) is 1. The highest BCUT2D eigenvalue weighted by molar-refractivity contribution is 5.83. The van der Waals surface area contributed by atoms with Gasteiger partial charge in [0.1, 0.15) is 17.4 Å². The highest BCUT2D eigenvalue weighted by Crippen LogP contribution is 2.30. The molecule has 0 radical (unpaired) electrons. The standard InChI is InChI=1S/C24H26N4O3/c1-3-18(23(29)25-17-11-7-9-15-8-5-6-10-16(15)17)28-24(30)20-14-21-19(12-13-31-21)27(20)22(4-2)26-28/h5-6,8,10,12-14,17-18H,3-4,7,9,11H2,1-2H3,(H,25,29). The fraction of sp³-hybridized carbons (Fsp3) is 0.375. The number of hydrogen-bond acceptors (Lipinski definition) is 4. The number of benzene rings is 1. The lowest BCUT2D eigenvalue weighted by Gasteiger charge is -2.28. The van der Waals surface area contributed by atoms with Crippen LogP contribution in [0.3, 0.4) is 0 Å². The first kappa shape index (κ1) is 19.6. The zero-order chi connectivity index (χ0) is 21.5. The van der Waals surface area contributed by atoms with Crippen LogP contribution < -0.4 is 10.9 Å². The molecule has 31 heavy (non-hydrogen) atoms. The Morgan fingerprint density at radius 1 is 1.26 bits per heavy atom. The lowest BCUT2D eigenvalue weighted by Crippen LogP contribution is -2.41. The van der Waals surface area contributed by atoms with Crippen LogP contribution in [0.2, 0.25) is 0 Å². The predicted octanol–water partition coefficient (Wildman–Crippen LogP) is 3.95. The Kier molecular flexibility index (Phi) is 4.88. The van der Waals surface area contributed by atoms with Crippen molar-refractivity contribution in [1.82, 2.24) is 19.5 Å². The molecular formula is C24H26N4O3. The highest BCUT2D eigenvalue weighted by Gasteiger charge is 2.28. The number of aromatic nitrogens is 3. The molecule has 7 heteroatoms. The third-order valence-electron chi connectivity index (χ3n) is 6.32. The molecule has 160 valence electrons. The molecule has 1 aliphatic rings. The maximum Gasteiger partial charge on any atom is 0.291 e. The quantitative estimate of drug-likeness (QED) is 0.532. The summed E-state index contributed by atoms with van der Waals surface area (Å²) in [6, 6.07) is 11.1. The van der Waals surface area contributed by atoms with E-state index in [1.54, 1.807) is 12.3 Å². The predicted molar refractivity (Wildman–Crippen MR) is 118 cm³/mol. The first-order chi connectivity index (χ1) is 15.1. The zero-order valence-electron chi connectivity index (χ0n) is 17.8. The van der Waals surface area contributed by atoms with E-state index in [1.807, 2.05) is 36.4 Å². The molecule has 4 aromatic rings. The van der Waals surface area contributed by atoms with E-state index in [0.29, 0.717) is 23.9 Å². The number of nitrogens with zero attached hydrogens (tertiary/aromatic N) is 3. The summed E-state index contributed by atoms with van der Waals surface area (Å²) in [6.07, 6.45) is 5.67. The summed E-state index contributed by atoms with van der Waals surface area (Å²) >= 11 is 0. The van der Waals surface area contributed by atoms with Crippen molar-refractivity contribution in [2.24, 2.45) is 0 Å². The third-order valence-corrected chi connectivity index (χ3v) is 6.32. The number of aryl methyl sites for hydroxylation is 2. The molecule has 0 fully saturated rings. The second-order valence-electron chi connectivity index (χ2n) is 8.13. The van der Waals surface area contributed by atoms with Crippen molar-refractivity contribution < 1.29 is 9.21 Å². The largest absolute Gasteiger partial charge is 0.463 e. The fourth-order valence-electron chi connectivity index (χ4n) is 4.77. The summed E-state index contributed by atoms with van der Waals surface area (Å²) in [5.41, 5.74) is 4.12. The van der Waals surface area contributed by atoms with E-state index in [2.05, 4.69) is 22.5 Å². The molecule has 0 saturated heterocycles. The minimum Gasteiger partial charge on any atom is -0.463 e. The molecule has 2 atom stereocenters. The third kappa shape index (κ3) is 3.15. The van der Waals surface area contributed by atoms with Gasteiger partial charge in [-0.05, 0) is 36.8 Å². The minimum absolute atomic E-state index is 0.0350. The molecule has 1 aliphatic carbocycles. The number of carbonyl (C=O) groups is 1. The molecular weight excluding hydrogens is 392 g/mol. The molecule has 0 saturated carbocycles.